The van der Waals surface area contributed by atoms with Crippen molar-refractivity contribution in [3.05, 3.63) is 83.6 Å². The fourth-order valence-corrected chi connectivity index (χ4v) is 4.52. The van der Waals surface area contributed by atoms with Gasteiger partial charge in [-0.3, -0.25) is 4.90 Å². The number of anilines is 2. The van der Waals surface area contributed by atoms with Crippen LogP contribution in [0.1, 0.15) is 45.7 Å². The maximum Gasteiger partial charge on any atom is 0.338 e. The topological polar surface area (TPSA) is 99.8 Å². The van der Waals surface area contributed by atoms with Gasteiger partial charge in [-0.05, 0) is 48.4 Å². The summed E-state index contributed by atoms with van der Waals surface area (Å²) in [6, 6.07) is 19.3. The van der Waals surface area contributed by atoms with Gasteiger partial charge in [-0.2, -0.15) is 0 Å². The molecule has 4 rings (SSSR count). The number of hydrogen-bond donors (Lipinski definition) is 3. The van der Waals surface area contributed by atoms with Gasteiger partial charge in [-0.15, -0.1) is 0 Å². The Balaban J connectivity index is 1.59. The molecular weight excluding hydrogens is 480 g/mol. The van der Waals surface area contributed by atoms with E-state index in [1.807, 2.05) is 69.3 Å². The first kappa shape index (κ1) is 26.7. The van der Waals surface area contributed by atoms with Gasteiger partial charge in [0.05, 0.1) is 23.9 Å². The molecule has 3 aromatic rings. The number of fused-ring (bicyclic) bond motifs is 1. The second kappa shape index (κ2) is 11.8. The summed E-state index contributed by atoms with van der Waals surface area (Å²) in [5, 5.41) is 10.7. The van der Waals surface area contributed by atoms with Crippen LogP contribution in [0.15, 0.2) is 78.0 Å². The smallest absolute Gasteiger partial charge is 0.338 e. The van der Waals surface area contributed by atoms with Crippen molar-refractivity contribution >= 4 is 40.2 Å². The quantitative estimate of drug-likeness (QED) is 0.302. The second-order valence-corrected chi connectivity index (χ2v) is 9.76. The highest BCUT2D eigenvalue weighted by Gasteiger charge is 2.36. The van der Waals surface area contributed by atoms with Crippen molar-refractivity contribution in [2.75, 3.05) is 23.8 Å². The van der Waals surface area contributed by atoms with Crippen LogP contribution in [0, 0.1) is 5.92 Å². The molecule has 0 saturated carbocycles. The van der Waals surface area contributed by atoms with Crippen LogP contribution in [-0.4, -0.2) is 36.1 Å². The molecule has 1 heterocycles. The lowest BCUT2D eigenvalue weighted by Gasteiger charge is -2.35. The van der Waals surface area contributed by atoms with Crippen molar-refractivity contribution in [1.29, 1.82) is 0 Å². The average molecular weight is 515 g/mol. The molecule has 8 heteroatoms. The summed E-state index contributed by atoms with van der Waals surface area (Å²) in [6.07, 6.45) is 0.745. The Morgan fingerprint density at radius 2 is 1.76 bits per heavy atom. The summed E-state index contributed by atoms with van der Waals surface area (Å²) in [5.74, 6) is -0.287. The van der Waals surface area contributed by atoms with Crippen molar-refractivity contribution in [3.63, 3.8) is 0 Å². The van der Waals surface area contributed by atoms with E-state index in [-0.39, 0.29) is 18.6 Å². The molecule has 3 N–H and O–H groups in total. The maximum atomic E-state index is 13.2. The number of rotatable bonds is 8. The summed E-state index contributed by atoms with van der Waals surface area (Å²) in [4.78, 5) is 40.6. The Kier molecular flexibility index (Phi) is 8.31. The van der Waals surface area contributed by atoms with Gasteiger partial charge >= 0.3 is 18.0 Å². The number of hydrogen-bond acceptors (Lipinski definition) is 4. The van der Waals surface area contributed by atoms with E-state index in [0.29, 0.717) is 34.8 Å². The first-order valence-corrected chi connectivity index (χ1v) is 12.9. The van der Waals surface area contributed by atoms with Gasteiger partial charge in [0, 0.05) is 23.3 Å². The molecule has 8 nitrogen and oxygen atoms in total. The van der Waals surface area contributed by atoms with Crippen molar-refractivity contribution in [2.45, 2.75) is 40.2 Å². The van der Waals surface area contributed by atoms with Crippen LogP contribution in [0.25, 0.3) is 10.8 Å². The molecule has 0 saturated heterocycles. The Hall–Kier alpha value is -4.33. The van der Waals surface area contributed by atoms with Gasteiger partial charge in [0.2, 0.25) is 0 Å². The number of carbonyl (C=O) groups is 3. The predicted molar refractivity (Wildman–Crippen MR) is 150 cm³/mol. The third kappa shape index (κ3) is 5.96. The number of carbonyl (C=O) groups excluding carboxylic acids is 3. The standard InChI is InChI=1S/C30H34N4O4/c1-5-16-34-20(4)26(28(35)38-18-19(2)3)27(33-30(34)37)22-12-8-13-23(17-22)31-29(36)32-25-15-9-11-21-10-6-7-14-24(21)25/h6-15,17,19,27H,5,16,18H2,1-4H3,(H,33,37)(H2,31,32,36). The molecule has 4 amide bonds. The Morgan fingerprint density at radius 1 is 1.03 bits per heavy atom. The zero-order valence-corrected chi connectivity index (χ0v) is 22.2. The zero-order valence-electron chi connectivity index (χ0n) is 22.2. The Labute approximate surface area is 223 Å². The highest BCUT2D eigenvalue weighted by molar-refractivity contribution is 6.06. The van der Waals surface area contributed by atoms with E-state index in [0.717, 1.165) is 17.2 Å². The van der Waals surface area contributed by atoms with Gasteiger partial charge in [0.1, 0.15) is 0 Å². The van der Waals surface area contributed by atoms with E-state index in [2.05, 4.69) is 16.0 Å². The molecule has 1 aliphatic rings. The minimum absolute atomic E-state index is 0.177. The summed E-state index contributed by atoms with van der Waals surface area (Å²) in [5.41, 5.74) is 2.84. The number of ether oxygens (including phenoxy) is 1. The molecule has 0 fully saturated rings. The molecule has 0 radical (unpaired) electrons. The molecule has 0 bridgehead atoms. The van der Waals surface area contributed by atoms with Crippen LogP contribution in [0.2, 0.25) is 0 Å². The van der Waals surface area contributed by atoms with E-state index in [1.165, 1.54) is 0 Å². The number of nitrogens with one attached hydrogen (secondary N) is 3. The third-order valence-corrected chi connectivity index (χ3v) is 6.33. The second-order valence-electron chi connectivity index (χ2n) is 9.76. The minimum atomic E-state index is -0.710. The summed E-state index contributed by atoms with van der Waals surface area (Å²) < 4.78 is 5.57. The number of allylic oxidation sites excluding steroid dienone is 1. The van der Waals surface area contributed by atoms with E-state index in [1.54, 1.807) is 30.0 Å². The van der Waals surface area contributed by atoms with Crippen molar-refractivity contribution < 1.29 is 19.1 Å². The van der Waals surface area contributed by atoms with Crippen molar-refractivity contribution in [2.24, 2.45) is 5.92 Å². The van der Waals surface area contributed by atoms with Gasteiger partial charge in [-0.1, -0.05) is 69.3 Å². The molecule has 0 aromatic heterocycles. The van der Waals surface area contributed by atoms with Crippen LogP contribution in [0.4, 0.5) is 21.0 Å². The Bertz CT molecular complexity index is 1380. The van der Waals surface area contributed by atoms with Crippen LogP contribution >= 0.6 is 0 Å². The molecule has 1 atom stereocenters. The van der Waals surface area contributed by atoms with E-state index >= 15 is 0 Å². The van der Waals surface area contributed by atoms with Crippen LogP contribution in [-0.2, 0) is 9.53 Å². The minimum Gasteiger partial charge on any atom is -0.462 e. The molecule has 1 unspecified atom stereocenters. The average Bonchev–Trinajstić information content (AvgIpc) is 2.89. The highest BCUT2D eigenvalue weighted by atomic mass is 16.5. The lowest BCUT2D eigenvalue weighted by molar-refractivity contribution is -0.140. The SMILES string of the molecule is CCCN1C(=O)NC(c2cccc(NC(=O)Nc3cccc4ccccc34)c2)C(C(=O)OCC(C)C)=C1C. The summed E-state index contributed by atoms with van der Waals surface area (Å²) in [6.45, 7) is 8.45. The van der Waals surface area contributed by atoms with Crippen LogP contribution in [0.5, 0.6) is 0 Å². The number of amides is 4. The first-order valence-electron chi connectivity index (χ1n) is 12.9. The highest BCUT2D eigenvalue weighted by Crippen LogP contribution is 2.33. The number of nitrogens with zero attached hydrogens (tertiary/aromatic N) is 1. The lowest BCUT2D eigenvalue weighted by atomic mass is 9.94. The first-order chi connectivity index (χ1) is 18.3. The fraction of sp³-hybridized carbons (Fsp3) is 0.300. The largest absolute Gasteiger partial charge is 0.462 e. The van der Waals surface area contributed by atoms with E-state index < -0.39 is 18.0 Å². The lowest BCUT2D eigenvalue weighted by Crippen LogP contribution is -2.48. The third-order valence-electron chi connectivity index (χ3n) is 6.33. The van der Waals surface area contributed by atoms with E-state index in [4.69, 9.17) is 4.74 Å². The summed E-state index contributed by atoms with van der Waals surface area (Å²) >= 11 is 0. The van der Waals surface area contributed by atoms with Gasteiger partial charge in [0.15, 0.2) is 0 Å². The molecule has 1 aliphatic heterocycles. The van der Waals surface area contributed by atoms with Gasteiger partial charge in [0.25, 0.3) is 0 Å². The van der Waals surface area contributed by atoms with Crippen LogP contribution < -0.4 is 16.0 Å². The predicted octanol–water partition coefficient (Wildman–Crippen LogP) is 6.43. The van der Waals surface area contributed by atoms with Gasteiger partial charge < -0.3 is 20.7 Å². The van der Waals surface area contributed by atoms with E-state index in [9.17, 15) is 14.4 Å². The van der Waals surface area contributed by atoms with Crippen molar-refractivity contribution in [3.8, 4) is 0 Å². The maximum absolute atomic E-state index is 13.2. The molecule has 3 aromatic carbocycles. The fourth-order valence-electron chi connectivity index (χ4n) is 4.52. The number of urea groups is 2. The Morgan fingerprint density at radius 3 is 2.53 bits per heavy atom. The van der Waals surface area contributed by atoms with Crippen LogP contribution in [0.3, 0.4) is 0 Å². The molecule has 0 aliphatic carbocycles. The molecule has 198 valence electrons. The van der Waals surface area contributed by atoms with Gasteiger partial charge in [-0.25, -0.2) is 14.4 Å². The molecule has 38 heavy (non-hydrogen) atoms. The monoisotopic (exact) mass is 514 g/mol. The van der Waals surface area contributed by atoms with Crippen molar-refractivity contribution in [1.82, 2.24) is 10.2 Å². The zero-order chi connectivity index (χ0) is 27.2. The molecule has 0 spiro atoms. The summed E-state index contributed by atoms with van der Waals surface area (Å²) in [7, 11) is 0. The normalized spacial score (nSPS) is 15.4. The number of esters is 1. The number of benzene rings is 3. The molecular formula is C30H34N4O4.